The lowest BCUT2D eigenvalue weighted by Crippen LogP contribution is -2.47. The molecule has 0 radical (unpaired) electrons. The Bertz CT molecular complexity index is 688. The van der Waals surface area contributed by atoms with E-state index in [1.807, 2.05) is 12.1 Å². The molecule has 2 aliphatic rings. The molecular formula is C23H30N4O. The van der Waals surface area contributed by atoms with E-state index in [0.29, 0.717) is 0 Å². The van der Waals surface area contributed by atoms with Gasteiger partial charge in [-0.1, -0.05) is 60.7 Å². The summed E-state index contributed by atoms with van der Waals surface area (Å²) in [7, 11) is 0. The van der Waals surface area contributed by atoms with Crippen molar-refractivity contribution in [3.63, 3.8) is 0 Å². The van der Waals surface area contributed by atoms with Crippen LogP contribution in [0.5, 0.6) is 0 Å². The standard InChI is InChI=1S/C23H30N4O/c28-23(24-21-11-13-26(17-21)15-19-7-3-1-4-8-19)25-22-12-14-27(18-22)16-20-9-5-2-6-10-20/h1-10,21-22H,11-18H2,(H2,24,25,28)/t21-,22-/m1/s1. The molecule has 0 unspecified atom stereocenters. The van der Waals surface area contributed by atoms with Crippen molar-refractivity contribution < 1.29 is 4.79 Å². The molecule has 2 aliphatic heterocycles. The van der Waals surface area contributed by atoms with Crippen molar-refractivity contribution in [2.45, 2.75) is 38.0 Å². The van der Waals surface area contributed by atoms with Gasteiger partial charge in [-0.05, 0) is 24.0 Å². The normalized spacial score (nSPS) is 23.0. The van der Waals surface area contributed by atoms with Crippen molar-refractivity contribution in [3.8, 4) is 0 Å². The molecule has 0 aliphatic carbocycles. The van der Waals surface area contributed by atoms with Crippen LogP contribution < -0.4 is 10.6 Å². The topological polar surface area (TPSA) is 47.6 Å². The molecule has 2 heterocycles. The number of nitrogens with zero attached hydrogens (tertiary/aromatic N) is 2. The summed E-state index contributed by atoms with van der Waals surface area (Å²) in [6, 6.07) is 21.5. The van der Waals surface area contributed by atoms with E-state index in [9.17, 15) is 4.79 Å². The van der Waals surface area contributed by atoms with E-state index in [4.69, 9.17) is 0 Å². The van der Waals surface area contributed by atoms with E-state index in [1.54, 1.807) is 0 Å². The second kappa shape index (κ2) is 9.22. The van der Waals surface area contributed by atoms with Crippen LogP contribution in [0.25, 0.3) is 0 Å². The minimum absolute atomic E-state index is 0.0156. The maximum absolute atomic E-state index is 12.4. The molecule has 2 aromatic rings. The first-order valence-electron chi connectivity index (χ1n) is 10.3. The maximum Gasteiger partial charge on any atom is 0.315 e. The van der Waals surface area contributed by atoms with Crippen LogP contribution in [0.2, 0.25) is 0 Å². The molecule has 4 rings (SSSR count). The molecule has 2 aromatic carbocycles. The summed E-state index contributed by atoms with van der Waals surface area (Å²) in [5.74, 6) is 0. The Kier molecular flexibility index (Phi) is 6.24. The van der Waals surface area contributed by atoms with Gasteiger partial charge in [-0.25, -0.2) is 4.79 Å². The lowest BCUT2D eigenvalue weighted by atomic mass is 10.2. The number of hydrogen-bond donors (Lipinski definition) is 2. The summed E-state index contributed by atoms with van der Waals surface area (Å²) in [4.78, 5) is 17.3. The van der Waals surface area contributed by atoms with Gasteiger partial charge in [-0.15, -0.1) is 0 Å². The predicted molar refractivity (Wildman–Crippen MR) is 112 cm³/mol. The number of carbonyl (C=O) groups excluding carboxylic acids is 1. The maximum atomic E-state index is 12.4. The molecular weight excluding hydrogens is 348 g/mol. The summed E-state index contributed by atoms with van der Waals surface area (Å²) in [5, 5.41) is 6.35. The number of rotatable bonds is 6. The largest absolute Gasteiger partial charge is 0.334 e. The Balaban J connectivity index is 1.17. The van der Waals surface area contributed by atoms with Gasteiger partial charge in [0.1, 0.15) is 0 Å². The number of urea groups is 1. The number of likely N-dealkylation sites (tertiary alicyclic amines) is 2. The van der Waals surface area contributed by atoms with Gasteiger partial charge >= 0.3 is 6.03 Å². The van der Waals surface area contributed by atoms with Crippen LogP contribution in [0.3, 0.4) is 0 Å². The van der Waals surface area contributed by atoms with Crippen LogP contribution in [0.1, 0.15) is 24.0 Å². The minimum atomic E-state index is -0.0156. The zero-order chi connectivity index (χ0) is 19.2. The average Bonchev–Trinajstić information content (AvgIpc) is 3.33. The number of nitrogens with one attached hydrogen (secondary N) is 2. The van der Waals surface area contributed by atoms with Crippen LogP contribution >= 0.6 is 0 Å². The van der Waals surface area contributed by atoms with Gasteiger partial charge in [0.2, 0.25) is 0 Å². The van der Waals surface area contributed by atoms with E-state index in [2.05, 4.69) is 69.0 Å². The molecule has 2 N–H and O–H groups in total. The molecule has 2 atom stereocenters. The molecule has 0 spiro atoms. The van der Waals surface area contributed by atoms with Gasteiger partial charge in [0, 0.05) is 51.4 Å². The Morgan fingerprint density at radius 3 is 1.61 bits per heavy atom. The fraction of sp³-hybridized carbons (Fsp3) is 0.435. The summed E-state index contributed by atoms with van der Waals surface area (Å²) in [6.07, 6.45) is 2.04. The molecule has 148 valence electrons. The highest BCUT2D eigenvalue weighted by atomic mass is 16.2. The van der Waals surface area contributed by atoms with Crippen molar-refractivity contribution >= 4 is 6.03 Å². The van der Waals surface area contributed by atoms with E-state index >= 15 is 0 Å². The Labute approximate surface area is 167 Å². The van der Waals surface area contributed by atoms with E-state index in [-0.39, 0.29) is 18.1 Å². The molecule has 2 amide bonds. The number of carbonyl (C=O) groups is 1. The van der Waals surface area contributed by atoms with Crippen molar-refractivity contribution in [2.75, 3.05) is 26.2 Å². The number of amides is 2. The molecule has 28 heavy (non-hydrogen) atoms. The highest BCUT2D eigenvalue weighted by Crippen LogP contribution is 2.15. The van der Waals surface area contributed by atoms with Crippen LogP contribution in [0, 0.1) is 0 Å². The SMILES string of the molecule is O=C(N[C@@H]1CCN(Cc2ccccc2)C1)N[C@@H]1CCN(Cc2ccccc2)C1. The van der Waals surface area contributed by atoms with Gasteiger partial charge in [-0.3, -0.25) is 9.80 Å². The Morgan fingerprint density at radius 2 is 1.18 bits per heavy atom. The van der Waals surface area contributed by atoms with Crippen LogP contribution in [-0.2, 0) is 13.1 Å². The zero-order valence-corrected chi connectivity index (χ0v) is 16.4. The van der Waals surface area contributed by atoms with Gasteiger partial charge in [-0.2, -0.15) is 0 Å². The van der Waals surface area contributed by atoms with Crippen LogP contribution in [-0.4, -0.2) is 54.1 Å². The van der Waals surface area contributed by atoms with Crippen LogP contribution in [0.15, 0.2) is 60.7 Å². The van der Waals surface area contributed by atoms with Gasteiger partial charge in [0.05, 0.1) is 0 Å². The second-order valence-electron chi connectivity index (χ2n) is 8.03. The monoisotopic (exact) mass is 378 g/mol. The molecule has 2 saturated heterocycles. The lowest BCUT2D eigenvalue weighted by Gasteiger charge is -2.19. The first-order valence-corrected chi connectivity index (χ1v) is 10.3. The number of hydrogen-bond acceptors (Lipinski definition) is 3. The number of benzene rings is 2. The fourth-order valence-electron chi connectivity index (χ4n) is 4.28. The average molecular weight is 379 g/mol. The third kappa shape index (κ3) is 5.33. The molecule has 5 nitrogen and oxygen atoms in total. The first kappa shape index (κ1) is 19.0. The van der Waals surface area contributed by atoms with Crippen LogP contribution in [0.4, 0.5) is 4.79 Å². The zero-order valence-electron chi connectivity index (χ0n) is 16.4. The molecule has 0 aromatic heterocycles. The third-order valence-corrected chi connectivity index (χ3v) is 5.71. The highest BCUT2D eigenvalue weighted by molar-refractivity contribution is 5.74. The summed E-state index contributed by atoms with van der Waals surface area (Å²) < 4.78 is 0. The minimum Gasteiger partial charge on any atom is -0.334 e. The predicted octanol–water partition coefficient (Wildman–Crippen LogP) is 2.83. The summed E-state index contributed by atoms with van der Waals surface area (Å²) in [6.45, 7) is 5.83. The smallest absolute Gasteiger partial charge is 0.315 e. The van der Waals surface area contributed by atoms with Crippen molar-refractivity contribution in [3.05, 3.63) is 71.8 Å². The molecule has 2 fully saturated rings. The highest BCUT2D eigenvalue weighted by Gasteiger charge is 2.27. The van der Waals surface area contributed by atoms with Gasteiger partial charge in [0.15, 0.2) is 0 Å². The molecule has 5 heteroatoms. The Hall–Kier alpha value is -2.37. The van der Waals surface area contributed by atoms with E-state index in [1.165, 1.54) is 11.1 Å². The second-order valence-corrected chi connectivity index (χ2v) is 8.03. The van der Waals surface area contributed by atoms with Crippen molar-refractivity contribution in [2.24, 2.45) is 0 Å². The van der Waals surface area contributed by atoms with Gasteiger partial charge in [0.25, 0.3) is 0 Å². The van der Waals surface area contributed by atoms with E-state index < -0.39 is 0 Å². The van der Waals surface area contributed by atoms with Crippen molar-refractivity contribution in [1.82, 2.24) is 20.4 Å². The lowest BCUT2D eigenvalue weighted by molar-refractivity contribution is 0.231. The van der Waals surface area contributed by atoms with E-state index in [0.717, 1.165) is 52.1 Å². The quantitative estimate of drug-likeness (QED) is 0.813. The fourth-order valence-corrected chi connectivity index (χ4v) is 4.28. The summed E-state index contributed by atoms with van der Waals surface area (Å²) >= 11 is 0. The first-order chi connectivity index (χ1) is 13.7. The third-order valence-electron chi connectivity index (χ3n) is 5.71. The molecule has 0 bridgehead atoms. The molecule has 0 saturated carbocycles. The van der Waals surface area contributed by atoms with Gasteiger partial charge < -0.3 is 10.6 Å². The van der Waals surface area contributed by atoms with Crippen molar-refractivity contribution in [1.29, 1.82) is 0 Å². The Morgan fingerprint density at radius 1 is 0.750 bits per heavy atom. The summed E-state index contributed by atoms with van der Waals surface area (Å²) in [5.41, 5.74) is 2.66.